The quantitative estimate of drug-likeness (QED) is 0.537. The molecule has 3 rings (SSSR count). The van der Waals surface area contributed by atoms with E-state index >= 15 is 0 Å². The van der Waals surface area contributed by atoms with Crippen LogP contribution in [0.15, 0.2) is 47.8 Å². The summed E-state index contributed by atoms with van der Waals surface area (Å²) in [5.41, 5.74) is 5.43. The Balaban J connectivity index is 1.52. The van der Waals surface area contributed by atoms with Crippen molar-refractivity contribution < 1.29 is 23.9 Å². The molecular formula is C20H19N3O5S. The zero-order chi connectivity index (χ0) is 20.8. The molecule has 0 radical (unpaired) electrons. The number of carbonyl (C=O) groups excluding carboxylic acids is 3. The van der Waals surface area contributed by atoms with Gasteiger partial charge in [-0.15, -0.1) is 11.3 Å². The summed E-state index contributed by atoms with van der Waals surface area (Å²) in [5, 5.41) is 5.02. The van der Waals surface area contributed by atoms with E-state index in [4.69, 9.17) is 9.47 Å². The number of hydrazine groups is 1. The third-order valence-electron chi connectivity index (χ3n) is 4.10. The largest absolute Gasteiger partial charge is 0.493 e. The Kier molecular flexibility index (Phi) is 6.30. The van der Waals surface area contributed by atoms with E-state index in [1.807, 2.05) is 24.3 Å². The molecule has 0 bridgehead atoms. The van der Waals surface area contributed by atoms with Crippen LogP contribution in [0.3, 0.4) is 0 Å². The molecule has 0 unspecified atom stereocenters. The van der Waals surface area contributed by atoms with Crippen molar-refractivity contribution in [1.29, 1.82) is 0 Å². The summed E-state index contributed by atoms with van der Waals surface area (Å²) in [5.74, 6) is -0.560. The highest BCUT2D eigenvalue weighted by Gasteiger charge is 2.14. The molecule has 3 aromatic rings. The number of hydrogen-bond donors (Lipinski definition) is 3. The Morgan fingerprint density at radius 3 is 2.45 bits per heavy atom. The highest BCUT2D eigenvalue weighted by molar-refractivity contribution is 7.17. The van der Waals surface area contributed by atoms with Crippen molar-refractivity contribution in [1.82, 2.24) is 16.2 Å². The van der Waals surface area contributed by atoms with Crippen molar-refractivity contribution in [3.8, 4) is 11.5 Å². The number of benzene rings is 2. The molecule has 150 valence electrons. The number of methoxy groups -OCH3 is 2. The molecule has 0 spiro atoms. The van der Waals surface area contributed by atoms with Crippen LogP contribution in [0.2, 0.25) is 0 Å². The van der Waals surface area contributed by atoms with E-state index in [1.54, 1.807) is 17.5 Å². The molecule has 3 N–H and O–H groups in total. The molecule has 0 saturated carbocycles. The summed E-state index contributed by atoms with van der Waals surface area (Å²) >= 11 is 1.44. The second kappa shape index (κ2) is 9.07. The van der Waals surface area contributed by atoms with E-state index in [0.717, 1.165) is 10.1 Å². The van der Waals surface area contributed by atoms with Gasteiger partial charge in [-0.1, -0.05) is 18.2 Å². The molecule has 0 saturated heterocycles. The third-order valence-corrected chi connectivity index (χ3v) is 5.06. The van der Waals surface area contributed by atoms with E-state index in [9.17, 15) is 14.4 Å². The van der Waals surface area contributed by atoms with Crippen LogP contribution in [0.5, 0.6) is 11.5 Å². The molecule has 8 nitrogen and oxygen atoms in total. The topological polar surface area (TPSA) is 106 Å². The SMILES string of the molecule is COc1ccc(C(=O)NCC(=O)NNC(=O)c2csc3ccccc23)cc1OC. The van der Waals surface area contributed by atoms with Crippen LogP contribution in [-0.4, -0.2) is 38.5 Å². The maximum Gasteiger partial charge on any atom is 0.271 e. The molecule has 0 atom stereocenters. The number of carbonyl (C=O) groups is 3. The van der Waals surface area contributed by atoms with Crippen molar-refractivity contribution in [2.45, 2.75) is 0 Å². The van der Waals surface area contributed by atoms with Gasteiger partial charge < -0.3 is 14.8 Å². The maximum absolute atomic E-state index is 12.3. The Labute approximate surface area is 170 Å². The second-order valence-corrected chi connectivity index (χ2v) is 6.81. The van der Waals surface area contributed by atoms with E-state index in [1.165, 1.54) is 31.6 Å². The molecule has 0 aliphatic heterocycles. The minimum Gasteiger partial charge on any atom is -0.493 e. The van der Waals surface area contributed by atoms with Gasteiger partial charge >= 0.3 is 0 Å². The van der Waals surface area contributed by atoms with Crippen LogP contribution in [0.4, 0.5) is 0 Å². The van der Waals surface area contributed by atoms with Gasteiger partial charge in [0.05, 0.1) is 26.3 Å². The first-order valence-corrected chi connectivity index (χ1v) is 9.47. The van der Waals surface area contributed by atoms with Gasteiger partial charge in [0.15, 0.2) is 11.5 Å². The summed E-state index contributed by atoms with van der Waals surface area (Å²) in [6, 6.07) is 12.1. The van der Waals surface area contributed by atoms with Crippen molar-refractivity contribution in [2.24, 2.45) is 0 Å². The van der Waals surface area contributed by atoms with Gasteiger partial charge in [0, 0.05) is 21.0 Å². The Hall–Kier alpha value is -3.59. The average Bonchev–Trinajstić information content (AvgIpc) is 3.19. The summed E-state index contributed by atoms with van der Waals surface area (Å²) in [7, 11) is 2.96. The molecule has 9 heteroatoms. The minimum absolute atomic E-state index is 0.308. The number of amides is 3. The molecule has 2 aromatic carbocycles. The molecule has 0 fully saturated rings. The van der Waals surface area contributed by atoms with Gasteiger partial charge in [0.2, 0.25) is 0 Å². The summed E-state index contributed by atoms with van der Waals surface area (Å²) < 4.78 is 11.3. The van der Waals surface area contributed by atoms with Gasteiger partial charge in [0.25, 0.3) is 17.7 Å². The standard InChI is InChI=1S/C20H19N3O5S/c1-27-15-8-7-12(9-16(15)28-2)19(25)21-10-18(24)22-23-20(26)14-11-29-17-6-4-3-5-13(14)17/h3-9,11H,10H2,1-2H3,(H,21,25)(H,22,24)(H,23,26). The lowest BCUT2D eigenvalue weighted by Crippen LogP contribution is -2.46. The van der Waals surface area contributed by atoms with Crippen LogP contribution in [0, 0.1) is 0 Å². The number of hydrogen-bond acceptors (Lipinski definition) is 6. The normalized spacial score (nSPS) is 10.3. The predicted molar refractivity (Wildman–Crippen MR) is 109 cm³/mol. The second-order valence-electron chi connectivity index (χ2n) is 5.90. The number of nitrogens with one attached hydrogen (secondary N) is 3. The summed E-state index contributed by atoms with van der Waals surface area (Å²) in [6.07, 6.45) is 0. The fraction of sp³-hybridized carbons (Fsp3) is 0.150. The molecule has 0 aliphatic carbocycles. The molecule has 0 aliphatic rings. The fourth-order valence-corrected chi connectivity index (χ4v) is 3.57. The number of rotatable bonds is 6. The first-order chi connectivity index (χ1) is 14.0. The van der Waals surface area contributed by atoms with Crippen molar-refractivity contribution in [2.75, 3.05) is 20.8 Å². The zero-order valence-electron chi connectivity index (χ0n) is 15.8. The first kappa shape index (κ1) is 20.2. The molecule has 1 aromatic heterocycles. The summed E-state index contributed by atoms with van der Waals surface area (Å²) in [6.45, 7) is -0.308. The fourth-order valence-electron chi connectivity index (χ4n) is 2.63. The van der Waals surface area contributed by atoms with Crippen molar-refractivity contribution in [3.05, 3.63) is 59.0 Å². The van der Waals surface area contributed by atoms with Gasteiger partial charge in [-0.2, -0.15) is 0 Å². The van der Waals surface area contributed by atoms with E-state index in [0.29, 0.717) is 22.6 Å². The maximum atomic E-state index is 12.3. The van der Waals surface area contributed by atoms with Crippen molar-refractivity contribution in [3.63, 3.8) is 0 Å². The number of thiophene rings is 1. The highest BCUT2D eigenvalue weighted by Crippen LogP contribution is 2.27. The Bertz CT molecular complexity index is 1060. The lowest BCUT2D eigenvalue weighted by molar-refractivity contribution is -0.120. The third kappa shape index (κ3) is 4.64. The van der Waals surface area contributed by atoms with Crippen LogP contribution in [0.1, 0.15) is 20.7 Å². The Morgan fingerprint density at radius 2 is 1.69 bits per heavy atom. The number of ether oxygens (including phenoxy) is 2. The summed E-state index contributed by atoms with van der Waals surface area (Å²) in [4.78, 5) is 36.5. The van der Waals surface area contributed by atoms with Crippen LogP contribution in [0.25, 0.3) is 10.1 Å². The van der Waals surface area contributed by atoms with Crippen LogP contribution < -0.4 is 25.6 Å². The Morgan fingerprint density at radius 1 is 0.931 bits per heavy atom. The molecule has 1 heterocycles. The molecule has 3 amide bonds. The van der Waals surface area contributed by atoms with E-state index in [-0.39, 0.29) is 6.54 Å². The minimum atomic E-state index is -0.563. The number of fused-ring (bicyclic) bond motifs is 1. The predicted octanol–water partition coefficient (Wildman–Crippen LogP) is 2.11. The van der Waals surface area contributed by atoms with Crippen LogP contribution in [-0.2, 0) is 4.79 Å². The molecule has 29 heavy (non-hydrogen) atoms. The lowest BCUT2D eigenvalue weighted by Gasteiger charge is -2.10. The zero-order valence-corrected chi connectivity index (χ0v) is 16.6. The van der Waals surface area contributed by atoms with Gasteiger partial charge in [0.1, 0.15) is 0 Å². The smallest absolute Gasteiger partial charge is 0.271 e. The molecular weight excluding hydrogens is 394 g/mol. The van der Waals surface area contributed by atoms with Gasteiger partial charge in [-0.3, -0.25) is 25.2 Å². The van der Waals surface area contributed by atoms with Gasteiger partial charge in [-0.25, -0.2) is 0 Å². The monoisotopic (exact) mass is 413 g/mol. The first-order valence-electron chi connectivity index (χ1n) is 8.59. The van der Waals surface area contributed by atoms with Crippen molar-refractivity contribution >= 4 is 39.1 Å². The van der Waals surface area contributed by atoms with Gasteiger partial charge in [-0.05, 0) is 24.3 Å². The van der Waals surface area contributed by atoms with E-state index < -0.39 is 17.7 Å². The highest BCUT2D eigenvalue weighted by atomic mass is 32.1. The van der Waals surface area contributed by atoms with E-state index in [2.05, 4.69) is 16.2 Å². The lowest BCUT2D eigenvalue weighted by atomic mass is 10.2. The average molecular weight is 413 g/mol. The van der Waals surface area contributed by atoms with Crippen LogP contribution >= 0.6 is 11.3 Å².